The van der Waals surface area contributed by atoms with Gasteiger partial charge in [-0.15, -0.1) is 0 Å². The number of hydrogen-bond donors (Lipinski definition) is 1. The van der Waals surface area contributed by atoms with Gasteiger partial charge >= 0.3 is 0 Å². The first kappa shape index (κ1) is 17.0. The van der Waals surface area contributed by atoms with Gasteiger partial charge < -0.3 is 4.74 Å². The van der Waals surface area contributed by atoms with E-state index in [9.17, 15) is 8.42 Å². The summed E-state index contributed by atoms with van der Waals surface area (Å²) in [6.07, 6.45) is 0.938. The number of hydrogen-bond acceptors (Lipinski definition) is 3. The van der Waals surface area contributed by atoms with E-state index in [1.54, 1.807) is 24.3 Å². The van der Waals surface area contributed by atoms with Gasteiger partial charge in [0.2, 0.25) is 10.0 Å². The SMILES string of the molecule is CCc1cccc(OCCNS(=O)(=O)c2ccc(Br)cc2)c1. The Kier molecular flexibility index (Phi) is 5.99. The van der Waals surface area contributed by atoms with Crippen LogP contribution in [0.15, 0.2) is 57.9 Å². The Labute approximate surface area is 139 Å². The van der Waals surface area contributed by atoms with Crippen molar-refractivity contribution in [3.05, 3.63) is 58.6 Å². The Balaban J connectivity index is 1.86. The second kappa shape index (κ2) is 7.76. The Morgan fingerprint density at radius 3 is 2.55 bits per heavy atom. The number of sulfonamides is 1. The Hall–Kier alpha value is -1.37. The third kappa shape index (κ3) is 4.83. The van der Waals surface area contributed by atoms with Crippen LogP contribution in [-0.2, 0) is 16.4 Å². The van der Waals surface area contributed by atoms with Crippen molar-refractivity contribution in [3.8, 4) is 5.75 Å². The highest BCUT2D eigenvalue weighted by Crippen LogP contribution is 2.15. The zero-order valence-corrected chi connectivity index (χ0v) is 14.7. The molecule has 0 spiro atoms. The van der Waals surface area contributed by atoms with E-state index in [-0.39, 0.29) is 18.0 Å². The molecule has 0 heterocycles. The topological polar surface area (TPSA) is 55.4 Å². The lowest BCUT2D eigenvalue weighted by atomic mass is 10.2. The van der Waals surface area contributed by atoms with Gasteiger partial charge in [-0.05, 0) is 48.4 Å². The van der Waals surface area contributed by atoms with E-state index in [4.69, 9.17) is 4.74 Å². The lowest BCUT2D eigenvalue weighted by Gasteiger charge is -2.09. The van der Waals surface area contributed by atoms with E-state index >= 15 is 0 Å². The molecule has 0 fully saturated rings. The Morgan fingerprint density at radius 2 is 1.86 bits per heavy atom. The first-order valence-corrected chi connectivity index (χ1v) is 9.26. The van der Waals surface area contributed by atoms with Gasteiger partial charge in [0.1, 0.15) is 12.4 Å². The van der Waals surface area contributed by atoms with E-state index in [0.717, 1.165) is 16.6 Å². The molecular weight excluding hydrogens is 366 g/mol. The minimum absolute atomic E-state index is 0.217. The Morgan fingerprint density at radius 1 is 1.14 bits per heavy atom. The molecule has 0 amide bonds. The molecule has 22 heavy (non-hydrogen) atoms. The molecule has 0 atom stereocenters. The summed E-state index contributed by atoms with van der Waals surface area (Å²) in [4.78, 5) is 0.240. The number of halogens is 1. The zero-order valence-electron chi connectivity index (χ0n) is 12.3. The minimum Gasteiger partial charge on any atom is -0.492 e. The Bertz CT molecular complexity index is 714. The monoisotopic (exact) mass is 383 g/mol. The fraction of sp³-hybridized carbons (Fsp3) is 0.250. The first-order valence-electron chi connectivity index (χ1n) is 6.98. The third-order valence-electron chi connectivity index (χ3n) is 3.09. The first-order chi connectivity index (χ1) is 10.5. The van der Waals surface area contributed by atoms with Crippen LogP contribution in [0, 0.1) is 0 Å². The van der Waals surface area contributed by atoms with Crippen LogP contribution in [0.2, 0.25) is 0 Å². The minimum atomic E-state index is -3.50. The van der Waals surface area contributed by atoms with Gasteiger partial charge in [0.05, 0.1) is 4.90 Å². The van der Waals surface area contributed by atoms with Gasteiger partial charge in [0, 0.05) is 11.0 Å². The lowest BCUT2D eigenvalue weighted by Crippen LogP contribution is -2.28. The number of benzene rings is 2. The van der Waals surface area contributed by atoms with Gasteiger partial charge in [0.25, 0.3) is 0 Å². The van der Waals surface area contributed by atoms with Crippen LogP contribution in [0.3, 0.4) is 0 Å². The highest BCUT2D eigenvalue weighted by Gasteiger charge is 2.12. The van der Waals surface area contributed by atoms with Crippen LogP contribution >= 0.6 is 15.9 Å². The molecule has 0 saturated carbocycles. The van der Waals surface area contributed by atoms with Gasteiger partial charge in [-0.2, -0.15) is 0 Å². The van der Waals surface area contributed by atoms with Crippen LogP contribution in [-0.4, -0.2) is 21.6 Å². The molecule has 2 aromatic rings. The fourth-order valence-electron chi connectivity index (χ4n) is 1.90. The molecular formula is C16H18BrNO3S. The summed E-state index contributed by atoms with van der Waals surface area (Å²) in [5.74, 6) is 0.752. The van der Waals surface area contributed by atoms with Gasteiger partial charge in [0.15, 0.2) is 0 Å². The van der Waals surface area contributed by atoms with Crippen molar-refractivity contribution in [2.75, 3.05) is 13.2 Å². The van der Waals surface area contributed by atoms with Crippen LogP contribution < -0.4 is 9.46 Å². The maximum atomic E-state index is 12.1. The molecule has 0 aliphatic carbocycles. The third-order valence-corrected chi connectivity index (χ3v) is 5.10. The van der Waals surface area contributed by atoms with E-state index < -0.39 is 10.0 Å². The van der Waals surface area contributed by atoms with Crippen molar-refractivity contribution in [2.45, 2.75) is 18.2 Å². The molecule has 2 aromatic carbocycles. The van der Waals surface area contributed by atoms with Crippen molar-refractivity contribution >= 4 is 26.0 Å². The lowest BCUT2D eigenvalue weighted by molar-refractivity contribution is 0.322. The quantitative estimate of drug-likeness (QED) is 0.745. The van der Waals surface area contributed by atoms with Crippen LogP contribution in [0.5, 0.6) is 5.75 Å². The number of rotatable bonds is 7. The molecule has 2 rings (SSSR count). The summed E-state index contributed by atoms with van der Waals surface area (Å²) in [7, 11) is -3.50. The molecule has 0 aliphatic rings. The highest BCUT2D eigenvalue weighted by atomic mass is 79.9. The average Bonchev–Trinajstić information content (AvgIpc) is 2.52. The molecule has 0 aromatic heterocycles. The normalized spacial score (nSPS) is 11.4. The molecule has 4 nitrogen and oxygen atoms in total. The average molecular weight is 384 g/mol. The van der Waals surface area contributed by atoms with Gasteiger partial charge in [-0.25, -0.2) is 13.1 Å². The summed E-state index contributed by atoms with van der Waals surface area (Å²) in [6, 6.07) is 14.3. The molecule has 0 unspecified atom stereocenters. The van der Waals surface area contributed by atoms with E-state index in [1.165, 1.54) is 5.56 Å². The second-order valence-corrected chi connectivity index (χ2v) is 7.38. The zero-order chi connectivity index (χ0) is 16.0. The predicted molar refractivity (Wildman–Crippen MR) is 90.6 cm³/mol. The predicted octanol–water partition coefficient (Wildman–Crippen LogP) is 3.37. The maximum absolute atomic E-state index is 12.1. The largest absolute Gasteiger partial charge is 0.492 e. The van der Waals surface area contributed by atoms with Gasteiger partial charge in [-0.3, -0.25) is 0 Å². The summed E-state index contributed by atoms with van der Waals surface area (Å²) < 4.78 is 33.1. The van der Waals surface area contributed by atoms with Crippen molar-refractivity contribution in [1.29, 1.82) is 0 Å². The summed E-state index contributed by atoms with van der Waals surface area (Å²) in [5.41, 5.74) is 1.19. The molecule has 118 valence electrons. The second-order valence-electron chi connectivity index (χ2n) is 4.70. The summed E-state index contributed by atoms with van der Waals surface area (Å²) >= 11 is 3.28. The van der Waals surface area contributed by atoms with Crippen LogP contribution in [0.1, 0.15) is 12.5 Å². The molecule has 0 radical (unpaired) electrons. The summed E-state index contributed by atoms with van der Waals surface area (Å²) in [6.45, 7) is 2.57. The number of nitrogens with one attached hydrogen (secondary N) is 1. The van der Waals surface area contributed by atoms with Crippen LogP contribution in [0.4, 0.5) is 0 Å². The van der Waals surface area contributed by atoms with Crippen molar-refractivity contribution < 1.29 is 13.2 Å². The van der Waals surface area contributed by atoms with E-state index in [1.807, 2.05) is 24.3 Å². The van der Waals surface area contributed by atoms with E-state index in [2.05, 4.69) is 27.6 Å². The fourth-order valence-corrected chi connectivity index (χ4v) is 3.17. The standard InChI is InChI=1S/C16H18BrNO3S/c1-2-13-4-3-5-15(12-13)21-11-10-18-22(19,20)16-8-6-14(17)7-9-16/h3-9,12,18H,2,10-11H2,1H3. The molecule has 0 aliphatic heterocycles. The molecule has 1 N–H and O–H groups in total. The molecule has 0 bridgehead atoms. The molecule has 6 heteroatoms. The maximum Gasteiger partial charge on any atom is 0.240 e. The molecule has 0 saturated heterocycles. The van der Waals surface area contributed by atoms with Crippen molar-refractivity contribution in [1.82, 2.24) is 4.72 Å². The number of aryl methyl sites for hydroxylation is 1. The highest BCUT2D eigenvalue weighted by molar-refractivity contribution is 9.10. The van der Waals surface area contributed by atoms with Crippen molar-refractivity contribution in [2.24, 2.45) is 0 Å². The van der Waals surface area contributed by atoms with Crippen molar-refractivity contribution in [3.63, 3.8) is 0 Å². The van der Waals surface area contributed by atoms with Gasteiger partial charge in [-0.1, -0.05) is 35.0 Å². The smallest absolute Gasteiger partial charge is 0.240 e. The number of ether oxygens (including phenoxy) is 1. The van der Waals surface area contributed by atoms with E-state index in [0.29, 0.717) is 0 Å². The van der Waals surface area contributed by atoms with Crippen LogP contribution in [0.25, 0.3) is 0 Å². The summed E-state index contributed by atoms with van der Waals surface area (Å²) in [5, 5.41) is 0.